The van der Waals surface area contributed by atoms with Crippen LogP contribution in [0.1, 0.15) is 45.6 Å². The fourth-order valence-corrected chi connectivity index (χ4v) is 6.74. The number of aliphatic hydroxyl groups excluding tert-OH is 1. The standard InChI is InChI=1S/C37H38N4O5S/c1-41(20-18-29-22-39-35(46-29)37(45,27-11-4-2-5-12-27)28-13-6-3-7-14-28)24-26-10-8-9-25(21-26)17-19-38-23-32(43)30-15-16-31(42)33-34(30)47-36(44)40-33/h2-16,21-22,32,38,42-43,45H,17-20,23-24H2,1H3,(H,40,44)/t32-/m0/s1. The Labute approximate surface area is 276 Å². The van der Waals surface area contributed by atoms with Gasteiger partial charge in [0.05, 0.1) is 17.0 Å². The number of aliphatic hydroxyl groups is 2. The topological polar surface area (TPSA) is 135 Å². The Morgan fingerprint density at radius 3 is 2.38 bits per heavy atom. The lowest BCUT2D eigenvalue weighted by Gasteiger charge is -2.26. The van der Waals surface area contributed by atoms with Crippen LogP contribution in [-0.4, -0.2) is 56.9 Å². The van der Waals surface area contributed by atoms with Crippen molar-refractivity contribution in [3.63, 3.8) is 0 Å². The fraction of sp³-hybridized carbons (Fsp3) is 0.243. The number of oxazole rings is 1. The van der Waals surface area contributed by atoms with Crippen LogP contribution in [0.2, 0.25) is 0 Å². The summed E-state index contributed by atoms with van der Waals surface area (Å²) in [5.74, 6) is 0.951. The largest absolute Gasteiger partial charge is 0.506 e. The van der Waals surface area contributed by atoms with Gasteiger partial charge < -0.3 is 34.9 Å². The average molecular weight is 651 g/mol. The van der Waals surface area contributed by atoms with Gasteiger partial charge in [-0.05, 0) is 48.3 Å². The van der Waals surface area contributed by atoms with E-state index < -0.39 is 11.7 Å². The average Bonchev–Trinajstić information content (AvgIpc) is 3.74. The molecular weight excluding hydrogens is 612 g/mol. The van der Waals surface area contributed by atoms with Gasteiger partial charge in [0, 0.05) is 31.6 Å². The van der Waals surface area contributed by atoms with Crippen molar-refractivity contribution >= 4 is 21.6 Å². The summed E-state index contributed by atoms with van der Waals surface area (Å²) >= 11 is 0.985. The molecule has 4 aromatic carbocycles. The molecule has 0 spiro atoms. The van der Waals surface area contributed by atoms with E-state index in [0.717, 1.165) is 30.8 Å². The summed E-state index contributed by atoms with van der Waals surface area (Å²) in [7, 11) is 2.07. The third-order valence-corrected chi connectivity index (χ3v) is 9.24. The van der Waals surface area contributed by atoms with Gasteiger partial charge in [0.15, 0.2) is 5.60 Å². The minimum absolute atomic E-state index is 0.00433. The molecule has 0 aliphatic heterocycles. The molecule has 5 N–H and O–H groups in total. The van der Waals surface area contributed by atoms with Gasteiger partial charge in [-0.3, -0.25) is 4.79 Å². The summed E-state index contributed by atoms with van der Waals surface area (Å²) in [5, 5.41) is 36.0. The molecule has 0 amide bonds. The molecule has 2 aromatic heterocycles. The van der Waals surface area contributed by atoms with Crippen molar-refractivity contribution < 1.29 is 19.7 Å². The predicted octanol–water partition coefficient (Wildman–Crippen LogP) is 5.11. The number of benzene rings is 4. The van der Waals surface area contributed by atoms with E-state index >= 15 is 0 Å². The molecule has 1 atom stereocenters. The van der Waals surface area contributed by atoms with Crippen molar-refractivity contribution in [2.45, 2.75) is 31.1 Å². The van der Waals surface area contributed by atoms with E-state index in [0.29, 0.717) is 52.2 Å². The highest BCUT2D eigenvalue weighted by Crippen LogP contribution is 2.36. The number of hydrogen-bond acceptors (Lipinski definition) is 9. The fourth-order valence-electron chi connectivity index (χ4n) is 5.82. The van der Waals surface area contributed by atoms with Crippen molar-refractivity contribution in [2.24, 2.45) is 0 Å². The Morgan fingerprint density at radius 1 is 0.957 bits per heavy atom. The smallest absolute Gasteiger partial charge is 0.305 e. The molecule has 0 aliphatic rings. The van der Waals surface area contributed by atoms with Gasteiger partial charge >= 0.3 is 4.87 Å². The Morgan fingerprint density at radius 2 is 1.66 bits per heavy atom. The molecule has 0 bridgehead atoms. The third kappa shape index (κ3) is 7.38. The zero-order valence-electron chi connectivity index (χ0n) is 26.1. The number of aromatic amines is 1. The zero-order valence-corrected chi connectivity index (χ0v) is 26.9. The number of fused-ring (bicyclic) bond motifs is 1. The first-order valence-corrected chi connectivity index (χ1v) is 16.4. The van der Waals surface area contributed by atoms with Gasteiger partial charge in [-0.25, -0.2) is 4.98 Å². The maximum atomic E-state index is 11.9. The number of thiazole rings is 1. The molecule has 0 saturated heterocycles. The molecule has 10 heteroatoms. The highest BCUT2D eigenvalue weighted by atomic mass is 32.1. The number of nitrogens with zero attached hydrogens (tertiary/aromatic N) is 2. The quantitative estimate of drug-likeness (QED) is 0.103. The summed E-state index contributed by atoms with van der Waals surface area (Å²) in [5.41, 5.74) is 3.25. The number of likely N-dealkylation sites (N-methyl/N-ethyl adjacent to an activating group) is 1. The molecule has 0 radical (unpaired) electrons. The van der Waals surface area contributed by atoms with Crippen LogP contribution < -0.4 is 10.2 Å². The maximum absolute atomic E-state index is 11.9. The van der Waals surface area contributed by atoms with E-state index in [4.69, 9.17) is 4.42 Å². The first kappa shape index (κ1) is 32.4. The molecular formula is C37H38N4O5S. The van der Waals surface area contributed by atoms with Gasteiger partial charge in [0.25, 0.3) is 0 Å². The maximum Gasteiger partial charge on any atom is 0.305 e. The molecule has 6 aromatic rings. The van der Waals surface area contributed by atoms with Crippen LogP contribution in [0.5, 0.6) is 5.75 Å². The predicted molar refractivity (Wildman–Crippen MR) is 184 cm³/mol. The van der Waals surface area contributed by atoms with Crippen LogP contribution in [0, 0.1) is 0 Å². The molecule has 6 rings (SSSR count). The van der Waals surface area contributed by atoms with E-state index in [1.165, 1.54) is 17.2 Å². The zero-order chi connectivity index (χ0) is 32.8. The molecule has 0 aliphatic carbocycles. The molecule has 9 nitrogen and oxygen atoms in total. The van der Waals surface area contributed by atoms with E-state index in [-0.39, 0.29) is 16.5 Å². The highest BCUT2D eigenvalue weighted by molar-refractivity contribution is 7.16. The Kier molecular flexibility index (Phi) is 9.95. The van der Waals surface area contributed by atoms with Crippen LogP contribution in [-0.2, 0) is 25.0 Å². The Hall–Kier alpha value is -4.58. The highest BCUT2D eigenvalue weighted by Gasteiger charge is 2.38. The molecule has 47 heavy (non-hydrogen) atoms. The van der Waals surface area contributed by atoms with Crippen molar-refractivity contribution in [3.05, 3.63) is 152 Å². The van der Waals surface area contributed by atoms with Crippen LogP contribution in [0.3, 0.4) is 0 Å². The summed E-state index contributed by atoms with van der Waals surface area (Å²) < 4.78 is 6.74. The number of phenols is 1. The van der Waals surface area contributed by atoms with Crippen LogP contribution >= 0.6 is 11.3 Å². The minimum atomic E-state index is -1.50. The summed E-state index contributed by atoms with van der Waals surface area (Å²) in [4.78, 5) is 20.9. The number of hydrogen-bond donors (Lipinski definition) is 5. The lowest BCUT2D eigenvalue weighted by Crippen LogP contribution is -2.29. The normalized spacial score (nSPS) is 12.6. The van der Waals surface area contributed by atoms with Crippen LogP contribution in [0.15, 0.2) is 112 Å². The third-order valence-electron chi connectivity index (χ3n) is 8.31. The number of aromatic nitrogens is 2. The van der Waals surface area contributed by atoms with E-state index in [9.17, 15) is 20.1 Å². The molecule has 2 heterocycles. The molecule has 0 fully saturated rings. The number of aromatic hydroxyl groups is 1. The second-order valence-electron chi connectivity index (χ2n) is 11.7. The van der Waals surface area contributed by atoms with Gasteiger partial charge in [0.2, 0.25) is 5.89 Å². The van der Waals surface area contributed by atoms with Crippen molar-refractivity contribution in [1.82, 2.24) is 20.2 Å². The summed E-state index contributed by atoms with van der Waals surface area (Å²) in [6, 6.07) is 30.5. The Balaban J connectivity index is 1.01. The summed E-state index contributed by atoms with van der Waals surface area (Å²) in [6.07, 6.45) is 2.33. The van der Waals surface area contributed by atoms with Crippen LogP contribution in [0.25, 0.3) is 10.2 Å². The van der Waals surface area contributed by atoms with Crippen molar-refractivity contribution in [2.75, 3.05) is 26.7 Å². The van der Waals surface area contributed by atoms with Gasteiger partial charge in [0.1, 0.15) is 17.0 Å². The molecule has 242 valence electrons. The number of H-pyrrole nitrogens is 1. The van der Waals surface area contributed by atoms with Gasteiger partial charge in [-0.1, -0.05) is 102 Å². The van der Waals surface area contributed by atoms with E-state index in [1.807, 2.05) is 60.7 Å². The minimum Gasteiger partial charge on any atom is -0.506 e. The van der Waals surface area contributed by atoms with E-state index in [1.54, 1.807) is 12.3 Å². The van der Waals surface area contributed by atoms with Crippen LogP contribution in [0.4, 0.5) is 0 Å². The number of nitrogens with one attached hydrogen (secondary N) is 2. The number of rotatable bonds is 14. The Bertz CT molecular complexity index is 1930. The second kappa shape index (κ2) is 14.5. The van der Waals surface area contributed by atoms with Crippen molar-refractivity contribution in [3.8, 4) is 5.75 Å². The van der Waals surface area contributed by atoms with Crippen molar-refractivity contribution in [1.29, 1.82) is 0 Å². The molecule has 0 unspecified atom stereocenters. The van der Waals surface area contributed by atoms with E-state index in [2.05, 4.69) is 51.5 Å². The SMILES string of the molecule is CN(CCc1cnc(C(O)(c2ccccc2)c2ccccc2)o1)Cc1cccc(CCNC[C@H](O)c2ccc(O)c3[nH]c(=O)sc23)c1. The lowest BCUT2D eigenvalue weighted by molar-refractivity contribution is 0.0911. The first-order chi connectivity index (χ1) is 22.8. The summed E-state index contributed by atoms with van der Waals surface area (Å²) in [6.45, 7) is 2.50. The lowest BCUT2D eigenvalue weighted by atomic mass is 9.86. The second-order valence-corrected chi connectivity index (χ2v) is 12.7. The van der Waals surface area contributed by atoms with Gasteiger partial charge in [-0.15, -0.1) is 0 Å². The first-order valence-electron chi connectivity index (χ1n) is 15.6. The molecule has 0 saturated carbocycles. The monoisotopic (exact) mass is 650 g/mol. The van der Waals surface area contributed by atoms with Gasteiger partial charge in [-0.2, -0.15) is 0 Å². The number of phenolic OH excluding ortho intramolecular Hbond substituents is 1.